The van der Waals surface area contributed by atoms with E-state index in [4.69, 9.17) is 18.0 Å². The van der Waals surface area contributed by atoms with E-state index < -0.39 is 0 Å². The van der Waals surface area contributed by atoms with E-state index in [2.05, 4.69) is 11.4 Å². The van der Waals surface area contributed by atoms with Crippen LogP contribution in [0.15, 0.2) is 11.4 Å². The zero-order chi connectivity index (χ0) is 13.1. The van der Waals surface area contributed by atoms with Gasteiger partial charge in [0.1, 0.15) is 0 Å². The van der Waals surface area contributed by atoms with Gasteiger partial charge in [-0.2, -0.15) is 0 Å². The lowest BCUT2D eigenvalue weighted by Gasteiger charge is -2.28. The van der Waals surface area contributed by atoms with Crippen LogP contribution in [-0.2, 0) is 11.2 Å². The lowest BCUT2D eigenvalue weighted by Crippen LogP contribution is -2.40. The minimum atomic E-state index is 0.00861. The highest BCUT2D eigenvalue weighted by molar-refractivity contribution is 7.80. The van der Waals surface area contributed by atoms with Crippen LogP contribution >= 0.6 is 23.6 Å². The molecule has 0 spiro atoms. The van der Waals surface area contributed by atoms with Crippen molar-refractivity contribution in [3.8, 4) is 0 Å². The molecule has 0 saturated carbocycles. The molecule has 0 bridgehead atoms. The Morgan fingerprint density at radius 1 is 1.67 bits per heavy atom. The second-order valence-corrected chi connectivity index (χ2v) is 6.09. The first kappa shape index (κ1) is 13.5. The number of thiocarbonyl (C=S) groups is 1. The second-order valence-electron chi connectivity index (χ2n) is 4.56. The van der Waals surface area contributed by atoms with Crippen LogP contribution in [0.25, 0.3) is 0 Å². The summed E-state index contributed by atoms with van der Waals surface area (Å²) in [6, 6.07) is 2.09. The van der Waals surface area contributed by atoms with E-state index in [1.807, 2.05) is 6.92 Å². The normalized spacial score (nSPS) is 18.2. The first-order chi connectivity index (χ1) is 8.63. The van der Waals surface area contributed by atoms with Crippen molar-refractivity contribution in [2.75, 3.05) is 13.1 Å². The zero-order valence-corrected chi connectivity index (χ0v) is 12.1. The highest BCUT2D eigenvalue weighted by atomic mass is 32.1. The lowest BCUT2D eigenvalue weighted by atomic mass is 9.86. The van der Waals surface area contributed by atoms with Crippen molar-refractivity contribution in [3.05, 3.63) is 21.9 Å². The number of rotatable bonds is 4. The van der Waals surface area contributed by atoms with E-state index in [9.17, 15) is 4.79 Å². The molecule has 1 unspecified atom stereocenters. The predicted octanol–water partition coefficient (Wildman–Crippen LogP) is 2.30. The number of carbonyl (C=O) groups excluding carboxylic acids is 1. The smallest absolute Gasteiger partial charge is 0.230 e. The first-order valence-electron chi connectivity index (χ1n) is 6.26. The van der Waals surface area contributed by atoms with Gasteiger partial charge in [-0.3, -0.25) is 4.79 Å². The Morgan fingerprint density at radius 2 is 2.44 bits per heavy atom. The Balaban J connectivity index is 2.17. The Labute approximate surface area is 117 Å². The third-order valence-electron chi connectivity index (χ3n) is 3.39. The largest absolute Gasteiger partial charge is 0.392 e. The third-order valence-corrected chi connectivity index (χ3v) is 4.52. The summed E-state index contributed by atoms with van der Waals surface area (Å²) in [6.07, 6.45) is 3.14. The van der Waals surface area contributed by atoms with Gasteiger partial charge in [-0.1, -0.05) is 12.2 Å². The molecule has 1 aromatic heterocycles. The monoisotopic (exact) mass is 282 g/mol. The van der Waals surface area contributed by atoms with Crippen LogP contribution in [0.2, 0.25) is 0 Å². The molecule has 18 heavy (non-hydrogen) atoms. The minimum Gasteiger partial charge on any atom is -0.392 e. The standard InChI is InChI=1S/C13H18N2OS2/c1-2-15(8-12(14)17)13(16)10-4-3-5-11-9(10)6-7-18-11/h6-7,10H,2-5,8H2,1H3,(H2,14,17). The Hall–Kier alpha value is -0.940. The number of amides is 1. The van der Waals surface area contributed by atoms with E-state index in [1.165, 1.54) is 10.4 Å². The maximum atomic E-state index is 12.5. The average molecular weight is 282 g/mol. The van der Waals surface area contributed by atoms with E-state index >= 15 is 0 Å². The molecule has 1 aromatic rings. The molecule has 0 radical (unpaired) electrons. The van der Waals surface area contributed by atoms with Crippen LogP contribution in [0.5, 0.6) is 0 Å². The maximum Gasteiger partial charge on any atom is 0.230 e. The molecule has 0 aromatic carbocycles. The molecule has 2 N–H and O–H groups in total. The van der Waals surface area contributed by atoms with Gasteiger partial charge in [-0.25, -0.2) is 0 Å². The lowest BCUT2D eigenvalue weighted by molar-refractivity contribution is -0.132. The van der Waals surface area contributed by atoms with Crippen LogP contribution in [0.3, 0.4) is 0 Å². The minimum absolute atomic E-state index is 0.00861. The summed E-state index contributed by atoms with van der Waals surface area (Å²) in [5.74, 6) is 0.180. The summed E-state index contributed by atoms with van der Waals surface area (Å²) >= 11 is 6.66. The van der Waals surface area contributed by atoms with E-state index in [0.29, 0.717) is 18.1 Å². The highest BCUT2D eigenvalue weighted by Gasteiger charge is 2.30. The summed E-state index contributed by atoms with van der Waals surface area (Å²) in [7, 11) is 0. The maximum absolute atomic E-state index is 12.5. The molecule has 2 rings (SSSR count). The van der Waals surface area contributed by atoms with Crippen LogP contribution in [-0.4, -0.2) is 28.9 Å². The SMILES string of the molecule is CCN(CC(N)=S)C(=O)C1CCCc2sccc21. The van der Waals surface area contributed by atoms with Gasteiger partial charge >= 0.3 is 0 Å². The molecule has 0 saturated heterocycles. The summed E-state index contributed by atoms with van der Waals surface area (Å²) in [5, 5.41) is 2.08. The number of fused-ring (bicyclic) bond motifs is 1. The van der Waals surface area contributed by atoms with Gasteiger partial charge in [-0.15, -0.1) is 11.3 Å². The number of hydrogen-bond acceptors (Lipinski definition) is 3. The van der Waals surface area contributed by atoms with Gasteiger partial charge in [0.15, 0.2) is 0 Å². The van der Waals surface area contributed by atoms with Crippen LogP contribution in [0.4, 0.5) is 0 Å². The van der Waals surface area contributed by atoms with Gasteiger partial charge in [0, 0.05) is 11.4 Å². The number of aryl methyl sites for hydroxylation is 1. The molecular weight excluding hydrogens is 264 g/mol. The summed E-state index contributed by atoms with van der Waals surface area (Å²) in [4.78, 5) is 16.1. The van der Waals surface area contributed by atoms with Crippen molar-refractivity contribution in [2.24, 2.45) is 5.73 Å². The van der Waals surface area contributed by atoms with Crippen molar-refractivity contribution < 1.29 is 4.79 Å². The average Bonchev–Trinajstić information content (AvgIpc) is 2.82. The molecule has 0 fully saturated rings. The fraction of sp³-hybridized carbons (Fsp3) is 0.538. The molecule has 1 aliphatic carbocycles. The Morgan fingerprint density at radius 3 is 3.11 bits per heavy atom. The number of carbonyl (C=O) groups is 1. The number of hydrogen-bond donors (Lipinski definition) is 1. The van der Waals surface area contributed by atoms with Crippen molar-refractivity contribution in [2.45, 2.75) is 32.1 Å². The molecule has 1 heterocycles. The van der Waals surface area contributed by atoms with Gasteiger partial charge in [0.2, 0.25) is 5.91 Å². The van der Waals surface area contributed by atoms with Gasteiger partial charge in [-0.05, 0) is 43.2 Å². The summed E-state index contributed by atoms with van der Waals surface area (Å²) < 4.78 is 0. The van der Waals surface area contributed by atoms with Crippen molar-refractivity contribution in [3.63, 3.8) is 0 Å². The Kier molecular flexibility index (Phi) is 4.35. The first-order valence-corrected chi connectivity index (χ1v) is 7.55. The molecular formula is C13H18N2OS2. The quantitative estimate of drug-likeness (QED) is 0.862. The molecule has 1 amide bonds. The number of thiophene rings is 1. The molecule has 3 nitrogen and oxygen atoms in total. The van der Waals surface area contributed by atoms with Gasteiger partial charge in [0.25, 0.3) is 0 Å². The molecule has 1 aliphatic rings. The van der Waals surface area contributed by atoms with E-state index in [-0.39, 0.29) is 11.8 Å². The highest BCUT2D eigenvalue weighted by Crippen LogP contribution is 2.35. The fourth-order valence-electron chi connectivity index (χ4n) is 2.50. The third kappa shape index (κ3) is 2.72. The molecule has 0 aliphatic heterocycles. The molecule has 1 atom stereocenters. The predicted molar refractivity (Wildman–Crippen MR) is 79.0 cm³/mol. The molecule has 98 valence electrons. The number of likely N-dealkylation sites (N-methyl/N-ethyl adjacent to an activating group) is 1. The second kappa shape index (κ2) is 5.80. The van der Waals surface area contributed by atoms with Crippen LogP contribution in [0.1, 0.15) is 36.1 Å². The van der Waals surface area contributed by atoms with Crippen LogP contribution < -0.4 is 5.73 Å². The van der Waals surface area contributed by atoms with Crippen molar-refractivity contribution in [1.82, 2.24) is 4.90 Å². The van der Waals surface area contributed by atoms with Crippen molar-refractivity contribution in [1.29, 1.82) is 0 Å². The molecule has 5 heteroatoms. The Bertz CT molecular complexity index is 456. The van der Waals surface area contributed by atoms with Gasteiger partial charge in [0.05, 0.1) is 17.5 Å². The fourth-order valence-corrected chi connectivity index (χ4v) is 3.64. The van der Waals surface area contributed by atoms with E-state index in [0.717, 1.165) is 19.3 Å². The van der Waals surface area contributed by atoms with Crippen molar-refractivity contribution >= 4 is 34.5 Å². The summed E-state index contributed by atoms with van der Waals surface area (Å²) in [6.45, 7) is 3.01. The number of nitrogens with two attached hydrogens (primary N) is 1. The van der Waals surface area contributed by atoms with E-state index in [1.54, 1.807) is 16.2 Å². The summed E-state index contributed by atoms with van der Waals surface area (Å²) in [5.41, 5.74) is 6.77. The zero-order valence-electron chi connectivity index (χ0n) is 10.5. The van der Waals surface area contributed by atoms with Gasteiger partial charge < -0.3 is 10.6 Å². The topological polar surface area (TPSA) is 46.3 Å². The van der Waals surface area contributed by atoms with Crippen LogP contribution in [0, 0.1) is 0 Å². The number of nitrogens with zero attached hydrogens (tertiary/aromatic N) is 1.